The summed E-state index contributed by atoms with van der Waals surface area (Å²) in [5, 5.41) is 0.308. The fraction of sp³-hybridized carbons (Fsp3) is 1.00. The first-order valence-corrected chi connectivity index (χ1v) is 5.54. The van der Waals surface area contributed by atoms with E-state index in [-0.39, 0.29) is 6.42 Å². The van der Waals surface area contributed by atoms with Gasteiger partial charge in [-0.2, -0.15) is 8.78 Å². The van der Waals surface area contributed by atoms with E-state index in [1.54, 1.807) is 0 Å². The average Bonchev–Trinajstić information content (AvgIpc) is 1.81. The molecular formula is C4H8BrF2O3P. The molecule has 0 atom stereocenters. The zero-order valence-electron chi connectivity index (χ0n) is 5.51. The topological polar surface area (TPSA) is 57.5 Å². The molecule has 68 valence electrons. The van der Waals surface area contributed by atoms with Gasteiger partial charge in [0.2, 0.25) is 0 Å². The highest BCUT2D eigenvalue weighted by Gasteiger charge is 2.47. The van der Waals surface area contributed by atoms with Gasteiger partial charge in [0.15, 0.2) is 0 Å². The van der Waals surface area contributed by atoms with Gasteiger partial charge in [-0.25, -0.2) is 0 Å². The Morgan fingerprint density at radius 3 is 2.18 bits per heavy atom. The Labute approximate surface area is 71.1 Å². The first-order valence-electron chi connectivity index (χ1n) is 2.80. The van der Waals surface area contributed by atoms with Gasteiger partial charge < -0.3 is 9.79 Å². The number of alkyl halides is 3. The second-order valence-corrected chi connectivity index (χ2v) is 4.54. The molecule has 0 aromatic rings. The summed E-state index contributed by atoms with van der Waals surface area (Å²) in [4.78, 5) is 16.2. The van der Waals surface area contributed by atoms with E-state index < -0.39 is 19.7 Å². The van der Waals surface area contributed by atoms with Crippen LogP contribution in [0.1, 0.15) is 12.8 Å². The molecule has 0 aliphatic carbocycles. The van der Waals surface area contributed by atoms with Crippen molar-refractivity contribution < 1.29 is 23.1 Å². The Bertz CT molecular complexity index is 169. The summed E-state index contributed by atoms with van der Waals surface area (Å²) >= 11 is 2.88. The van der Waals surface area contributed by atoms with Crippen molar-refractivity contribution in [1.82, 2.24) is 0 Å². The summed E-state index contributed by atoms with van der Waals surface area (Å²) in [5.41, 5.74) is -3.87. The summed E-state index contributed by atoms with van der Waals surface area (Å²) in [5.74, 6) is 0. The molecule has 0 amide bonds. The Morgan fingerprint density at radius 2 is 1.91 bits per heavy atom. The van der Waals surface area contributed by atoms with Crippen molar-refractivity contribution in [2.75, 3.05) is 5.33 Å². The maximum absolute atomic E-state index is 12.3. The smallest absolute Gasteiger partial charge is 0.320 e. The third kappa shape index (κ3) is 3.60. The van der Waals surface area contributed by atoms with Crippen molar-refractivity contribution in [3.8, 4) is 0 Å². The van der Waals surface area contributed by atoms with E-state index in [1.165, 1.54) is 0 Å². The lowest BCUT2D eigenvalue weighted by Gasteiger charge is -2.16. The standard InChI is InChI=1S/C4H8BrF2O3P/c5-3-1-2-4(6,7)11(8,9)10/h1-3H2,(H2,8,9,10). The van der Waals surface area contributed by atoms with Crippen molar-refractivity contribution >= 4 is 23.5 Å². The molecule has 0 heterocycles. The molecule has 3 nitrogen and oxygen atoms in total. The minimum atomic E-state index is -5.25. The van der Waals surface area contributed by atoms with Crippen molar-refractivity contribution in [1.29, 1.82) is 0 Å². The van der Waals surface area contributed by atoms with Crippen molar-refractivity contribution in [3.05, 3.63) is 0 Å². The first kappa shape index (κ1) is 11.5. The van der Waals surface area contributed by atoms with E-state index in [9.17, 15) is 13.3 Å². The molecule has 0 aromatic carbocycles. The summed E-state index contributed by atoms with van der Waals surface area (Å²) in [7, 11) is -5.25. The second kappa shape index (κ2) is 3.94. The van der Waals surface area contributed by atoms with Crippen LogP contribution in [0.5, 0.6) is 0 Å². The number of rotatable bonds is 4. The van der Waals surface area contributed by atoms with Crippen LogP contribution in [-0.4, -0.2) is 20.8 Å². The van der Waals surface area contributed by atoms with Crippen LogP contribution in [0.25, 0.3) is 0 Å². The minimum Gasteiger partial charge on any atom is -0.320 e. The van der Waals surface area contributed by atoms with Gasteiger partial charge >= 0.3 is 13.3 Å². The van der Waals surface area contributed by atoms with Gasteiger partial charge in [0.25, 0.3) is 0 Å². The quantitative estimate of drug-likeness (QED) is 0.594. The Kier molecular flexibility index (Phi) is 4.11. The molecular weight excluding hydrogens is 245 g/mol. The fourth-order valence-electron chi connectivity index (χ4n) is 0.425. The van der Waals surface area contributed by atoms with E-state index in [4.69, 9.17) is 9.79 Å². The SMILES string of the molecule is O=P(O)(O)C(F)(F)CCCBr. The molecule has 2 N–H and O–H groups in total. The predicted molar refractivity (Wildman–Crippen MR) is 40.0 cm³/mol. The molecule has 0 rings (SSSR count). The monoisotopic (exact) mass is 252 g/mol. The normalized spacial score (nSPS) is 13.5. The number of hydrogen-bond acceptors (Lipinski definition) is 1. The molecule has 11 heavy (non-hydrogen) atoms. The van der Waals surface area contributed by atoms with Crippen molar-refractivity contribution in [3.63, 3.8) is 0 Å². The van der Waals surface area contributed by atoms with Gasteiger partial charge in [0.05, 0.1) is 0 Å². The lowest BCUT2D eigenvalue weighted by atomic mass is 10.3. The van der Waals surface area contributed by atoms with Crippen LogP contribution in [0.2, 0.25) is 0 Å². The number of hydrogen-bond donors (Lipinski definition) is 2. The highest BCUT2D eigenvalue weighted by atomic mass is 79.9. The minimum absolute atomic E-state index is 0.0398. The van der Waals surface area contributed by atoms with E-state index in [0.29, 0.717) is 5.33 Å². The highest BCUT2D eigenvalue weighted by Crippen LogP contribution is 2.55. The molecule has 0 spiro atoms. The van der Waals surface area contributed by atoms with Gasteiger partial charge in [0.1, 0.15) is 0 Å². The lowest BCUT2D eigenvalue weighted by molar-refractivity contribution is 0.0500. The van der Waals surface area contributed by atoms with Gasteiger partial charge in [-0.1, -0.05) is 15.9 Å². The van der Waals surface area contributed by atoms with E-state index in [0.717, 1.165) is 0 Å². The van der Waals surface area contributed by atoms with Gasteiger partial charge in [-0.05, 0) is 6.42 Å². The van der Waals surface area contributed by atoms with Crippen molar-refractivity contribution in [2.45, 2.75) is 18.5 Å². The molecule has 0 aliphatic heterocycles. The Hall–Kier alpha value is 0.490. The second-order valence-electron chi connectivity index (χ2n) is 2.00. The molecule has 7 heteroatoms. The van der Waals surface area contributed by atoms with E-state index in [2.05, 4.69) is 15.9 Å². The largest absolute Gasteiger partial charge is 0.394 e. The lowest BCUT2D eigenvalue weighted by Crippen LogP contribution is -2.15. The van der Waals surface area contributed by atoms with Crippen LogP contribution >= 0.6 is 23.5 Å². The zero-order chi connectivity index (χ0) is 9.12. The molecule has 0 unspecified atom stereocenters. The summed E-state index contributed by atoms with van der Waals surface area (Å²) in [6.07, 6.45) is -0.749. The summed E-state index contributed by atoms with van der Waals surface area (Å²) < 4.78 is 34.8. The summed E-state index contributed by atoms with van der Waals surface area (Å²) in [6.45, 7) is 0. The van der Waals surface area contributed by atoms with Crippen LogP contribution in [0.3, 0.4) is 0 Å². The third-order valence-corrected chi connectivity index (χ3v) is 2.67. The van der Waals surface area contributed by atoms with Gasteiger partial charge in [0, 0.05) is 11.8 Å². The maximum Gasteiger partial charge on any atom is 0.394 e. The molecule has 0 saturated carbocycles. The van der Waals surface area contributed by atoms with Gasteiger partial charge in [-0.3, -0.25) is 4.57 Å². The van der Waals surface area contributed by atoms with Crippen LogP contribution in [0.4, 0.5) is 8.78 Å². The van der Waals surface area contributed by atoms with Gasteiger partial charge in [-0.15, -0.1) is 0 Å². The molecule has 0 bridgehead atoms. The van der Waals surface area contributed by atoms with Crippen LogP contribution in [0, 0.1) is 0 Å². The number of halogens is 3. The van der Waals surface area contributed by atoms with Crippen LogP contribution in [-0.2, 0) is 4.57 Å². The van der Waals surface area contributed by atoms with Crippen LogP contribution < -0.4 is 0 Å². The maximum atomic E-state index is 12.3. The zero-order valence-corrected chi connectivity index (χ0v) is 7.99. The fourth-order valence-corrected chi connectivity index (χ4v) is 1.15. The van der Waals surface area contributed by atoms with Crippen molar-refractivity contribution in [2.24, 2.45) is 0 Å². The molecule has 0 aromatic heterocycles. The predicted octanol–water partition coefficient (Wildman–Crippen LogP) is 1.93. The first-order chi connectivity index (χ1) is 4.81. The van der Waals surface area contributed by atoms with E-state index in [1.807, 2.05) is 0 Å². The molecule has 0 fully saturated rings. The van der Waals surface area contributed by atoms with E-state index >= 15 is 0 Å². The molecule has 0 saturated heterocycles. The Morgan fingerprint density at radius 1 is 1.45 bits per heavy atom. The molecule has 0 radical (unpaired) electrons. The highest BCUT2D eigenvalue weighted by molar-refractivity contribution is 9.09. The van der Waals surface area contributed by atoms with Crippen LogP contribution in [0.15, 0.2) is 0 Å². The summed E-state index contributed by atoms with van der Waals surface area (Å²) in [6, 6.07) is 0. The average molecular weight is 253 g/mol. The molecule has 0 aliphatic rings. The Balaban J connectivity index is 4.11. The third-order valence-electron chi connectivity index (χ3n) is 1.04.